The van der Waals surface area contributed by atoms with E-state index in [2.05, 4.69) is 10.6 Å². The largest absolute Gasteiger partial charge is 0.394 e. The van der Waals surface area contributed by atoms with E-state index in [0.29, 0.717) is 0 Å². The fourth-order valence-electron chi connectivity index (χ4n) is 10.4. The van der Waals surface area contributed by atoms with Gasteiger partial charge in [0.1, 0.15) is 165 Å². The molecular formula is C46H78N2O35. The molecule has 0 spiro atoms. The highest BCUT2D eigenvalue weighted by Crippen LogP contribution is 2.36. The van der Waals surface area contributed by atoms with Gasteiger partial charge in [-0.15, -0.1) is 0 Å². The number of ether oxygens (including phenoxy) is 13. The molecule has 7 aliphatic heterocycles. The van der Waals surface area contributed by atoms with Crippen LogP contribution < -0.4 is 10.6 Å². The van der Waals surface area contributed by atoms with Crippen molar-refractivity contribution in [2.75, 3.05) is 39.6 Å². The van der Waals surface area contributed by atoms with Gasteiger partial charge in [-0.05, 0) is 6.92 Å². The quantitative estimate of drug-likeness (QED) is 0.0538. The summed E-state index contributed by atoms with van der Waals surface area (Å²) >= 11 is 0. The number of carbonyl (C=O) groups excluding carboxylic acids is 2. The summed E-state index contributed by atoms with van der Waals surface area (Å²) in [6.45, 7) is -2.04. The highest BCUT2D eigenvalue weighted by molar-refractivity contribution is 5.73. The Balaban J connectivity index is 1.12. The van der Waals surface area contributed by atoms with Crippen molar-refractivity contribution in [3.63, 3.8) is 0 Å². The molecule has 0 saturated carbocycles. The summed E-state index contributed by atoms with van der Waals surface area (Å²) in [6, 6.07) is -3.49. The number of carbonyl (C=O) groups is 2. The van der Waals surface area contributed by atoms with Gasteiger partial charge in [0.05, 0.1) is 45.7 Å². The van der Waals surface area contributed by atoms with Crippen LogP contribution in [0.2, 0.25) is 0 Å². The van der Waals surface area contributed by atoms with Crippen molar-refractivity contribution >= 4 is 11.8 Å². The molecule has 22 N–H and O–H groups in total. The number of aliphatic hydroxyl groups excluding tert-OH is 20. The first kappa shape index (κ1) is 68.1. The first-order valence-corrected chi connectivity index (χ1v) is 26.5. The number of hydrogen-bond donors (Lipinski definition) is 22. The maximum Gasteiger partial charge on any atom is 0.217 e. The van der Waals surface area contributed by atoms with Gasteiger partial charge < -0.3 is 174 Å². The maximum absolute atomic E-state index is 12.8. The highest BCUT2D eigenvalue weighted by atomic mass is 16.8. The van der Waals surface area contributed by atoms with E-state index in [1.54, 1.807) is 0 Å². The Bertz CT molecular complexity index is 2040. The summed E-state index contributed by atoms with van der Waals surface area (Å²) in [6.07, 6.45) is -62.2. The molecule has 0 aromatic heterocycles. The Morgan fingerprint density at radius 1 is 0.337 bits per heavy atom. The van der Waals surface area contributed by atoms with Crippen LogP contribution >= 0.6 is 0 Å². The zero-order valence-electron chi connectivity index (χ0n) is 44.5. The van der Waals surface area contributed by atoms with E-state index < -0.39 is 266 Å². The monoisotopic (exact) mass is 1220 g/mol. The van der Waals surface area contributed by atoms with Crippen LogP contribution in [-0.2, 0) is 71.2 Å². The molecule has 7 saturated heterocycles. The summed E-state index contributed by atoms with van der Waals surface area (Å²) in [5.41, 5.74) is 0. The number of aliphatic hydroxyl groups is 20. The summed E-state index contributed by atoms with van der Waals surface area (Å²) in [5, 5.41) is 220. The number of amides is 2. The molecule has 37 heteroatoms. The van der Waals surface area contributed by atoms with Gasteiger partial charge in [-0.1, -0.05) is 0 Å². The summed E-state index contributed by atoms with van der Waals surface area (Å²) < 4.78 is 74.3. The Hall–Kier alpha value is -2.38. The molecule has 83 heavy (non-hydrogen) atoms. The van der Waals surface area contributed by atoms with Crippen LogP contribution in [-0.4, -0.2) is 368 Å². The van der Waals surface area contributed by atoms with E-state index in [1.807, 2.05) is 0 Å². The zero-order chi connectivity index (χ0) is 61.2. The Labute approximate surface area is 470 Å². The van der Waals surface area contributed by atoms with Gasteiger partial charge in [-0.2, -0.15) is 0 Å². The van der Waals surface area contributed by atoms with Crippen molar-refractivity contribution in [1.82, 2.24) is 10.6 Å². The van der Waals surface area contributed by atoms with Gasteiger partial charge >= 0.3 is 0 Å². The zero-order valence-corrected chi connectivity index (χ0v) is 44.5. The number of nitrogens with one attached hydrogen (secondary N) is 2. The average Bonchev–Trinajstić information content (AvgIpc) is 3.62. The predicted octanol–water partition coefficient (Wildman–Crippen LogP) is -15.0. The predicted molar refractivity (Wildman–Crippen MR) is 254 cm³/mol. The molecule has 0 radical (unpaired) electrons. The molecule has 35 atom stereocenters. The van der Waals surface area contributed by atoms with E-state index in [4.69, 9.17) is 61.6 Å². The minimum atomic E-state index is -2.31. The number of hydrogen-bond acceptors (Lipinski definition) is 35. The molecule has 7 fully saturated rings. The van der Waals surface area contributed by atoms with Crippen molar-refractivity contribution in [2.45, 2.75) is 236 Å². The van der Waals surface area contributed by atoms with E-state index in [1.165, 1.54) is 6.92 Å². The standard InChI is InChI=1S/C46H78N2O35/c1-10-21(54)28(61)32(65)42(74-10)73-9-18-38(26(59)19(40(70)75-18)47-11(2)52)81-41-20(48-12(3)53)27(60)37(15(6-51)78-41)82-46-36(69)39(83-45-35(68)30(63)23(56)14(5-50)77-45)25(58)17(80-46)8-72-44-34(67)31(64)24(57)16(79-44)7-71-43-33(66)29(62)22(55)13(4-49)76-43/h10,13-46,49-51,54-70H,4-9H2,1-3H3,(H,47,52)(H,48,53)/t10-,13+,14+,15+,16+,17+,18+,19+,20-,21+,22+,23+,24+,25+,26+,27+,28+,29-,30-,31-,32-,33-,34-,35-,36-,37+,38+,39-,40+,41-,42+,43-,44-,45+,46-/m0/s1. The van der Waals surface area contributed by atoms with Crippen LogP contribution in [0, 0.1) is 0 Å². The first-order valence-electron chi connectivity index (χ1n) is 26.5. The van der Waals surface area contributed by atoms with Crippen LogP contribution in [0.1, 0.15) is 20.8 Å². The molecule has 0 bridgehead atoms. The van der Waals surface area contributed by atoms with Crippen molar-refractivity contribution in [2.24, 2.45) is 0 Å². The highest BCUT2D eigenvalue weighted by Gasteiger charge is 2.57. The van der Waals surface area contributed by atoms with E-state index >= 15 is 0 Å². The molecule has 0 aromatic rings. The van der Waals surface area contributed by atoms with Crippen molar-refractivity contribution in [3.8, 4) is 0 Å². The molecule has 0 aliphatic carbocycles. The SMILES string of the molecule is CC(=O)N[C@@H]1[C@H](O[C@H]2[C@H](O)[C@@H](NC(C)=O)[C@H](O)O[C@@H]2CO[C@@H]2O[C@@H](C)[C@@H](O)[C@@H](O)[C@@H]2O)O[C@H](CO)[C@@H](O[C@@H]2O[C@H](CO[C@H]3O[C@H](CO[C@H]4O[C@H](CO)[C@@H](O)[C@H](O)[C@@H]4O)[C@@H](O)[C@H](O)[C@@H]3O)[C@@H](O)[C@H](O[C@H]3O[C@H](CO)[C@@H](O)[C@H](O)[C@@H]3O)[C@@H]2O)[C@@H]1O. The normalized spacial score (nSPS) is 50.8. The minimum absolute atomic E-state index is 0.757. The summed E-state index contributed by atoms with van der Waals surface area (Å²) in [5.74, 6) is -1.65. The lowest BCUT2D eigenvalue weighted by Crippen LogP contribution is -2.70. The average molecular weight is 1220 g/mol. The molecule has 2 amide bonds. The fraction of sp³-hybridized carbons (Fsp3) is 0.957. The van der Waals surface area contributed by atoms with Crippen molar-refractivity contribution in [3.05, 3.63) is 0 Å². The van der Waals surface area contributed by atoms with Gasteiger partial charge in [-0.25, -0.2) is 0 Å². The smallest absolute Gasteiger partial charge is 0.217 e. The summed E-state index contributed by atoms with van der Waals surface area (Å²) in [7, 11) is 0. The summed E-state index contributed by atoms with van der Waals surface area (Å²) in [4.78, 5) is 25.0. The molecule has 0 unspecified atom stereocenters. The Morgan fingerprint density at radius 2 is 0.687 bits per heavy atom. The van der Waals surface area contributed by atoms with Crippen LogP contribution in [0.4, 0.5) is 0 Å². The number of rotatable bonds is 20. The molecule has 7 heterocycles. The van der Waals surface area contributed by atoms with E-state index in [-0.39, 0.29) is 0 Å². The molecule has 0 aromatic carbocycles. The van der Waals surface area contributed by atoms with Crippen LogP contribution in [0.3, 0.4) is 0 Å². The lowest BCUT2D eigenvalue weighted by molar-refractivity contribution is -0.384. The Morgan fingerprint density at radius 3 is 1.20 bits per heavy atom. The topological polar surface area (TPSA) is 583 Å². The van der Waals surface area contributed by atoms with Crippen LogP contribution in [0.5, 0.6) is 0 Å². The van der Waals surface area contributed by atoms with Gasteiger partial charge in [0.2, 0.25) is 11.8 Å². The van der Waals surface area contributed by atoms with Gasteiger partial charge in [0.25, 0.3) is 0 Å². The molecule has 482 valence electrons. The van der Waals surface area contributed by atoms with Crippen molar-refractivity contribution in [1.29, 1.82) is 0 Å². The van der Waals surface area contributed by atoms with Crippen LogP contribution in [0.25, 0.3) is 0 Å². The maximum atomic E-state index is 12.8. The third kappa shape index (κ3) is 15.0. The molecule has 7 aliphatic rings. The molecular weight excluding hydrogens is 1140 g/mol. The third-order valence-corrected chi connectivity index (χ3v) is 15.2. The second-order valence-electron chi connectivity index (χ2n) is 21.1. The lowest BCUT2D eigenvalue weighted by Gasteiger charge is -2.50. The van der Waals surface area contributed by atoms with Crippen molar-refractivity contribution < 1.29 is 173 Å². The molecule has 37 nitrogen and oxygen atoms in total. The van der Waals surface area contributed by atoms with Gasteiger partial charge in [-0.3, -0.25) is 9.59 Å². The lowest BCUT2D eigenvalue weighted by atomic mass is 9.94. The molecule has 7 rings (SSSR count). The van der Waals surface area contributed by atoms with Gasteiger partial charge in [0, 0.05) is 13.8 Å². The second-order valence-corrected chi connectivity index (χ2v) is 21.1. The second kappa shape index (κ2) is 29.3. The first-order chi connectivity index (χ1) is 39.1. The van der Waals surface area contributed by atoms with E-state index in [0.717, 1.165) is 13.8 Å². The van der Waals surface area contributed by atoms with E-state index in [9.17, 15) is 112 Å². The Kier molecular flexibility index (Phi) is 24.0. The van der Waals surface area contributed by atoms with Crippen LogP contribution in [0.15, 0.2) is 0 Å². The fourth-order valence-corrected chi connectivity index (χ4v) is 10.4. The third-order valence-electron chi connectivity index (χ3n) is 15.2. The van der Waals surface area contributed by atoms with Gasteiger partial charge in [0.15, 0.2) is 44.0 Å². The minimum Gasteiger partial charge on any atom is -0.394 e.